The number of phosphoric ester groups is 1. The first kappa shape index (κ1) is 45.8. The van der Waals surface area contributed by atoms with Crippen LogP contribution in [0.4, 0.5) is 0 Å². The number of rotatable bonds is 35. The number of hydrogen-bond donors (Lipinski definition) is 1. The van der Waals surface area contributed by atoms with E-state index in [1.165, 1.54) is 83.5 Å². The van der Waals surface area contributed by atoms with Crippen LogP contribution in [0.2, 0.25) is 0 Å². The molecule has 0 aromatic carbocycles. The lowest BCUT2D eigenvalue weighted by atomic mass is 10.1. The highest BCUT2D eigenvalue weighted by Gasteiger charge is 2.26. The van der Waals surface area contributed by atoms with Crippen LogP contribution >= 0.6 is 7.82 Å². The van der Waals surface area contributed by atoms with E-state index in [0.29, 0.717) is 13.0 Å². The number of likely N-dealkylation sites (N-methyl/N-ethyl adjacent to an activating group) is 1. The van der Waals surface area contributed by atoms with Crippen molar-refractivity contribution in [2.45, 2.75) is 174 Å². The van der Waals surface area contributed by atoms with Gasteiger partial charge in [0.2, 0.25) is 0 Å². The van der Waals surface area contributed by atoms with Crippen LogP contribution in [0, 0.1) is 0 Å². The van der Waals surface area contributed by atoms with E-state index in [0.717, 1.165) is 51.4 Å². The van der Waals surface area contributed by atoms with Crippen LogP contribution in [-0.4, -0.2) is 68.3 Å². The Hall–Kier alpha value is -1.25. The average molecular weight is 690 g/mol. The van der Waals surface area contributed by atoms with E-state index in [-0.39, 0.29) is 32.0 Å². The first-order valence-corrected chi connectivity index (χ1v) is 20.5. The molecule has 0 fully saturated rings. The molecule has 1 N–H and O–H groups in total. The van der Waals surface area contributed by atoms with Crippen molar-refractivity contribution in [3.63, 3.8) is 0 Å². The predicted octanol–water partition coefficient (Wildman–Crippen LogP) is 10.1. The molecule has 2 atom stereocenters. The zero-order chi connectivity index (χ0) is 34.9. The lowest BCUT2D eigenvalue weighted by Gasteiger charge is -2.20. The fourth-order valence-corrected chi connectivity index (χ4v) is 5.83. The van der Waals surface area contributed by atoms with Gasteiger partial charge in [0.25, 0.3) is 0 Å². The molecule has 0 aliphatic rings. The number of esters is 2. The number of nitrogens with zero attached hydrogens (tertiary/aromatic N) is 1. The predicted molar refractivity (Wildman–Crippen MR) is 192 cm³/mol. The zero-order valence-electron chi connectivity index (χ0n) is 30.7. The second kappa shape index (κ2) is 33.3. The van der Waals surface area contributed by atoms with Crippen molar-refractivity contribution >= 4 is 19.8 Å². The summed E-state index contributed by atoms with van der Waals surface area (Å²) in [4.78, 5) is 36.8. The Morgan fingerprint density at radius 1 is 0.638 bits per heavy atom. The van der Waals surface area contributed by atoms with Crippen molar-refractivity contribution in [2.75, 3.05) is 40.5 Å². The van der Waals surface area contributed by atoms with Crippen LogP contribution in [0.25, 0.3) is 0 Å². The maximum absolute atomic E-state index is 12.5. The topological polar surface area (TPSA) is 112 Å². The van der Waals surface area contributed by atoms with Crippen molar-refractivity contribution in [3.05, 3.63) is 12.2 Å². The minimum absolute atomic E-state index is 0.00883. The summed E-state index contributed by atoms with van der Waals surface area (Å²) in [5, 5.41) is 0. The third-order valence-electron chi connectivity index (χ3n) is 8.07. The van der Waals surface area contributed by atoms with Gasteiger partial charge in [-0.2, -0.15) is 0 Å². The molecule has 0 amide bonds. The summed E-state index contributed by atoms with van der Waals surface area (Å²) >= 11 is 0. The van der Waals surface area contributed by atoms with Crippen LogP contribution in [0.5, 0.6) is 0 Å². The molecule has 0 aromatic rings. The number of ether oxygens (including phenoxy) is 2. The summed E-state index contributed by atoms with van der Waals surface area (Å²) in [5.74, 6) is -0.810. The Morgan fingerprint density at radius 2 is 1.09 bits per heavy atom. The Morgan fingerprint density at radius 3 is 1.60 bits per heavy atom. The number of allylic oxidation sites excluding steroid dienone is 2. The Labute approximate surface area is 288 Å². The second-order valence-electron chi connectivity index (χ2n) is 13.1. The van der Waals surface area contributed by atoms with Crippen molar-refractivity contribution in [1.29, 1.82) is 0 Å². The zero-order valence-corrected chi connectivity index (χ0v) is 31.6. The third-order valence-corrected chi connectivity index (χ3v) is 9.06. The molecule has 10 heteroatoms. The molecule has 2 unspecified atom stereocenters. The molecule has 0 bridgehead atoms. The number of carbonyl (C=O) groups is 2. The summed E-state index contributed by atoms with van der Waals surface area (Å²) in [6.45, 7) is 4.28. The van der Waals surface area contributed by atoms with Gasteiger partial charge in [-0.1, -0.05) is 129 Å². The van der Waals surface area contributed by atoms with Gasteiger partial charge in [-0.25, -0.2) is 4.57 Å². The summed E-state index contributed by atoms with van der Waals surface area (Å²) in [5.41, 5.74) is 0. The largest absolute Gasteiger partial charge is 0.472 e. The highest BCUT2D eigenvalue weighted by Crippen LogP contribution is 2.43. The summed E-state index contributed by atoms with van der Waals surface area (Å²) in [7, 11) is -0.706. The summed E-state index contributed by atoms with van der Waals surface area (Å²) < 4.78 is 33.3. The van der Waals surface area contributed by atoms with Gasteiger partial charge in [0.05, 0.1) is 13.2 Å². The van der Waals surface area contributed by atoms with Crippen LogP contribution < -0.4 is 0 Å². The SMILES string of the molecule is CCCCCC/C=C\CCCCCCCC(=O)OCC(COP(=O)(O)OCCN(C)C)OC(=O)CCCCCCCCCCCCC. The molecule has 0 spiro atoms. The van der Waals surface area contributed by atoms with Crippen molar-refractivity contribution in [2.24, 2.45) is 0 Å². The van der Waals surface area contributed by atoms with Crippen molar-refractivity contribution in [1.82, 2.24) is 4.90 Å². The van der Waals surface area contributed by atoms with Gasteiger partial charge in [-0.3, -0.25) is 18.6 Å². The van der Waals surface area contributed by atoms with E-state index in [4.69, 9.17) is 18.5 Å². The smallest absolute Gasteiger partial charge is 0.462 e. The Kier molecular flexibility index (Phi) is 32.4. The molecular weight excluding hydrogens is 617 g/mol. The molecule has 0 rings (SSSR count). The van der Waals surface area contributed by atoms with E-state index in [9.17, 15) is 19.0 Å². The van der Waals surface area contributed by atoms with Crippen molar-refractivity contribution in [3.8, 4) is 0 Å². The third kappa shape index (κ3) is 34.4. The molecule has 0 radical (unpaired) electrons. The lowest BCUT2D eigenvalue weighted by Crippen LogP contribution is -2.29. The van der Waals surface area contributed by atoms with Gasteiger partial charge >= 0.3 is 19.8 Å². The molecule has 0 aliphatic heterocycles. The maximum atomic E-state index is 12.5. The number of hydrogen-bond acceptors (Lipinski definition) is 8. The Balaban J connectivity index is 4.37. The summed E-state index contributed by atoms with van der Waals surface area (Å²) in [6, 6.07) is 0. The number of unbranched alkanes of at least 4 members (excludes halogenated alkanes) is 19. The molecule has 278 valence electrons. The highest BCUT2D eigenvalue weighted by molar-refractivity contribution is 7.47. The molecule has 0 aliphatic carbocycles. The molecule has 0 aromatic heterocycles. The molecule has 0 saturated heterocycles. The van der Waals surface area contributed by atoms with Gasteiger partial charge in [0.15, 0.2) is 6.10 Å². The quantitative estimate of drug-likeness (QED) is 0.0301. The molecule has 0 heterocycles. The number of carbonyl (C=O) groups excluding carboxylic acids is 2. The van der Waals surface area contributed by atoms with Crippen LogP contribution in [0.15, 0.2) is 12.2 Å². The monoisotopic (exact) mass is 689 g/mol. The van der Waals surface area contributed by atoms with E-state index in [1.807, 2.05) is 19.0 Å². The van der Waals surface area contributed by atoms with Gasteiger partial charge in [0, 0.05) is 19.4 Å². The van der Waals surface area contributed by atoms with Gasteiger partial charge in [-0.05, 0) is 52.6 Å². The van der Waals surface area contributed by atoms with Crippen LogP contribution in [0.1, 0.15) is 168 Å². The molecule has 47 heavy (non-hydrogen) atoms. The van der Waals surface area contributed by atoms with E-state index in [2.05, 4.69) is 26.0 Å². The van der Waals surface area contributed by atoms with Gasteiger partial charge in [-0.15, -0.1) is 0 Å². The minimum atomic E-state index is -4.35. The molecular formula is C37H72NO8P. The first-order chi connectivity index (χ1) is 22.7. The van der Waals surface area contributed by atoms with E-state index in [1.54, 1.807) is 0 Å². The lowest BCUT2D eigenvalue weighted by molar-refractivity contribution is -0.161. The normalized spacial score (nSPS) is 13.7. The van der Waals surface area contributed by atoms with Crippen molar-refractivity contribution < 1.29 is 37.6 Å². The van der Waals surface area contributed by atoms with Crippen LogP contribution in [0.3, 0.4) is 0 Å². The van der Waals surface area contributed by atoms with Gasteiger partial charge in [0.1, 0.15) is 6.61 Å². The highest BCUT2D eigenvalue weighted by atomic mass is 31.2. The first-order valence-electron chi connectivity index (χ1n) is 19.0. The Bertz CT molecular complexity index is 807. The number of phosphoric acid groups is 1. The molecule has 9 nitrogen and oxygen atoms in total. The van der Waals surface area contributed by atoms with E-state index < -0.39 is 26.5 Å². The van der Waals surface area contributed by atoms with E-state index >= 15 is 0 Å². The standard InChI is InChI=1S/C37H72NO8P/c1-5-7-9-11-13-15-17-18-20-21-23-25-27-29-36(39)43-33-35(34-45-47(41,42)44-32-31-38(3)4)46-37(40)30-28-26-24-22-19-16-14-12-10-8-6-2/h15,17,35H,5-14,16,18-34H2,1-4H3,(H,41,42)/b17-15-. The van der Waals surface area contributed by atoms with Crippen LogP contribution in [-0.2, 0) is 32.7 Å². The summed E-state index contributed by atoms with van der Waals surface area (Å²) in [6.07, 6.45) is 29.7. The minimum Gasteiger partial charge on any atom is -0.462 e. The maximum Gasteiger partial charge on any atom is 0.472 e. The fraction of sp³-hybridized carbons (Fsp3) is 0.892. The molecule has 0 saturated carbocycles. The average Bonchev–Trinajstić information content (AvgIpc) is 3.03. The second-order valence-corrected chi connectivity index (χ2v) is 14.6. The fourth-order valence-electron chi connectivity index (χ4n) is 5.09. The van der Waals surface area contributed by atoms with Gasteiger partial charge < -0.3 is 19.3 Å².